The van der Waals surface area contributed by atoms with E-state index in [4.69, 9.17) is 22.7 Å². The van der Waals surface area contributed by atoms with Gasteiger partial charge < -0.3 is 15.8 Å². The molecule has 1 saturated heterocycles. The summed E-state index contributed by atoms with van der Waals surface area (Å²) in [5, 5.41) is 2.63. The second-order valence-electron chi connectivity index (χ2n) is 6.46. The van der Waals surface area contributed by atoms with Crippen molar-refractivity contribution in [2.45, 2.75) is 37.8 Å². The maximum Gasteiger partial charge on any atom is 0.251 e. The smallest absolute Gasteiger partial charge is 0.251 e. The lowest BCUT2D eigenvalue weighted by Gasteiger charge is -2.31. The molecule has 1 aliphatic carbocycles. The molecule has 2 aliphatic rings. The van der Waals surface area contributed by atoms with Crippen LogP contribution in [0.25, 0.3) is 0 Å². The highest BCUT2D eigenvalue weighted by atomic mass is 32.1. The van der Waals surface area contributed by atoms with Crippen LogP contribution in [0.5, 0.6) is 5.75 Å². The van der Waals surface area contributed by atoms with Crippen molar-refractivity contribution >= 4 is 41.0 Å². The Labute approximate surface area is 157 Å². The van der Waals surface area contributed by atoms with E-state index < -0.39 is 17.7 Å². The van der Waals surface area contributed by atoms with E-state index in [1.807, 2.05) is 0 Å². The monoisotopic (exact) mass is 374 g/mol. The molecule has 3 rings (SSSR count). The highest BCUT2D eigenvalue weighted by Crippen LogP contribution is 2.25. The first-order valence-corrected chi connectivity index (χ1v) is 9.04. The predicted octanol–water partition coefficient (Wildman–Crippen LogP) is 1.40. The van der Waals surface area contributed by atoms with Crippen LogP contribution < -0.4 is 20.7 Å². The van der Waals surface area contributed by atoms with Crippen LogP contribution >= 0.6 is 12.2 Å². The highest BCUT2D eigenvalue weighted by Gasteiger charge is 2.38. The fraction of sp³-hybridized carbons (Fsp3) is 0.444. The molecule has 3 N–H and O–H groups in total. The van der Waals surface area contributed by atoms with Gasteiger partial charge in [0, 0.05) is 18.3 Å². The van der Waals surface area contributed by atoms with Crippen molar-refractivity contribution in [3.05, 3.63) is 24.3 Å². The quantitative estimate of drug-likeness (QED) is 0.472. The molecule has 0 unspecified atom stereocenters. The van der Waals surface area contributed by atoms with Crippen molar-refractivity contribution in [1.82, 2.24) is 5.32 Å². The normalized spacial score (nSPS) is 26.9. The van der Waals surface area contributed by atoms with Gasteiger partial charge in [0.25, 0.3) is 5.91 Å². The highest BCUT2D eigenvalue weighted by molar-refractivity contribution is 7.80. The fourth-order valence-electron chi connectivity index (χ4n) is 3.24. The van der Waals surface area contributed by atoms with Crippen LogP contribution in [0.15, 0.2) is 29.3 Å². The van der Waals surface area contributed by atoms with Gasteiger partial charge >= 0.3 is 0 Å². The topological polar surface area (TPSA) is 97.0 Å². The summed E-state index contributed by atoms with van der Waals surface area (Å²) in [6, 6.07) is 6.86. The molecule has 1 aliphatic heterocycles. The molecule has 1 aromatic rings. The Morgan fingerprint density at radius 3 is 2.85 bits per heavy atom. The summed E-state index contributed by atoms with van der Waals surface area (Å²) in [7, 11) is 1.54. The van der Waals surface area contributed by atoms with Gasteiger partial charge in [-0.3, -0.25) is 19.5 Å². The Morgan fingerprint density at radius 2 is 2.12 bits per heavy atom. The van der Waals surface area contributed by atoms with E-state index in [1.165, 1.54) is 11.1 Å². The number of aliphatic imine (C=N–C) groups is 1. The van der Waals surface area contributed by atoms with Gasteiger partial charge in [-0.2, -0.15) is 0 Å². The molecule has 0 bridgehead atoms. The van der Waals surface area contributed by atoms with Gasteiger partial charge in [-0.05, 0) is 37.2 Å². The van der Waals surface area contributed by atoms with Gasteiger partial charge in [-0.1, -0.05) is 18.9 Å². The molecular formula is C18H22N4O3S. The lowest BCUT2D eigenvalue weighted by Crippen LogP contribution is -2.58. The van der Waals surface area contributed by atoms with Gasteiger partial charge in [-0.25, -0.2) is 0 Å². The van der Waals surface area contributed by atoms with Crippen molar-refractivity contribution in [1.29, 1.82) is 0 Å². The molecule has 138 valence electrons. The molecule has 8 heteroatoms. The van der Waals surface area contributed by atoms with E-state index in [1.54, 1.807) is 31.4 Å². The number of hydrogen-bond donors (Lipinski definition) is 2. The minimum atomic E-state index is -1.03. The third-order valence-corrected chi connectivity index (χ3v) is 5.01. The summed E-state index contributed by atoms with van der Waals surface area (Å²) in [6.45, 7) is 0. The second kappa shape index (κ2) is 7.92. The Bertz CT molecular complexity index is 752. The van der Waals surface area contributed by atoms with E-state index in [9.17, 15) is 9.59 Å². The Kier molecular flexibility index (Phi) is 5.63. The summed E-state index contributed by atoms with van der Waals surface area (Å²) in [4.78, 5) is 30.9. The number of hydrogen-bond acceptors (Lipinski definition) is 6. The predicted molar refractivity (Wildman–Crippen MR) is 103 cm³/mol. The van der Waals surface area contributed by atoms with Crippen LogP contribution in [0.2, 0.25) is 0 Å². The van der Waals surface area contributed by atoms with Crippen LogP contribution in [-0.2, 0) is 9.59 Å². The minimum absolute atomic E-state index is 0.0303. The molecule has 1 heterocycles. The minimum Gasteiger partial charge on any atom is -0.497 e. The maximum atomic E-state index is 12.9. The lowest BCUT2D eigenvalue weighted by atomic mass is 9.91. The van der Waals surface area contributed by atoms with Gasteiger partial charge in [-0.15, -0.1) is 0 Å². The average molecular weight is 374 g/mol. The first-order valence-electron chi connectivity index (χ1n) is 8.63. The number of carbonyl (C=O) groups is 2. The summed E-state index contributed by atoms with van der Waals surface area (Å²) in [5.74, 6) is -1.33. The van der Waals surface area contributed by atoms with Crippen molar-refractivity contribution in [2.75, 3.05) is 12.0 Å². The van der Waals surface area contributed by atoms with E-state index in [-0.39, 0.29) is 17.2 Å². The van der Waals surface area contributed by atoms with Crippen molar-refractivity contribution in [3.8, 4) is 5.75 Å². The Hall–Kier alpha value is -2.32. The van der Waals surface area contributed by atoms with Gasteiger partial charge in [0.15, 0.2) is 11.0 Å². The standard InChI is InChI=1S/C18H22N4O3S/c1-25-12-6-4-5-11(9-12)22-17(24)13(16(23)21-18(22)26)10-20-15-8-3-2-7-14(15)19/h4-6,9-10,13-15H,2-3,7-8,19H2,1H3,(H,21,23,26)/t13-,14+,15-/m0/s1. The summed E-state index contributed by atoms with van der Waals surface area (Å²) >= 11 is 5.19. The molecule has 0 radical (unpaired) electrons. The number of ether oxygens (including phenoxy) is 1. The van der Waals surface area contributed by atoms with Crippen LogP contribution in [0.3, 0.4) is 0 Å². The first-order chi connectivity index (χ1) is 12.5. The molecule has 2 fully saturated rings. The number of nitrogens with one attached hydrogen (secondary N) is 1. The van der Waals surface area contributed by atoms with Crippen LogP contribution in [0, 0.1) is 5.92 Å². The van der Waals surface area contributed by atoms with E-state index >= 15 is 0 Å². The molecule has 7 nitrogen and oxygen atoms in total. The molecule has 0 aromatic heterocycles. The third-order valence-electron chi connectivity index (χ3n) is 4.72. The van der Waals surface area contributed by atoms with Crippen LogP contribution in [0.1, 0.15) is 25.7 Å². The van der Waals surface area contributed by atoms with E-state index in [0.717, 1.165) is 25.7 Å². The molecule has 26 heavy (non-hydrogen) atoms. The van der Waals surface area contributed by atoms with Gasteiger partial charge in [0.05, 0.1) is 18.8 Å². The largest absolute Gasteiger partial charge is 0.497 e. The molecule has 0 spiro atoms. The molecule has 2 amide bonds. The number of anilines is 1. The molecular weight excluding hydrogens is 352 g/mol. The first kappa shape index (κ1) is 18.5. The number of methoxy groups -OCH3 is 1. The zero-order valence-corrected chi connectivity index (χ0v) is 15.4. The summed E-state index contributed by atoms with van der Waals surface area (Å²) < 4.78 is 5.19. The van der Waals surface area contributed by atoms with E-state index in [2.05, 4.69) is 10.3 Å². The number of nitrogens with two attached hydrogens (primary N) is 1. The van der Waals surface area contributed by atoms with Crippen LogP contribution in [0.4, 0.5) is 5.69 Å². The zero-order chi connectivity index (χ0) is 18.7. The fourth-order valence-corrected chi connectivity index (χ4v) is 3.53. The number of carbonyl (C=O) groups excluding carboxylic acids is 2. The maximum absolute atomic E-state index is 12.9. The average Bonchev–Trinajstić information content (AvgIpc) is 2.63. The lowest BCUT2D eigenvalue weighted by molar-refractivity contribution is -0.130. The number of rotatable bonds is 4. The number of nitrogens with zero attached hydrogens (tertiary/aromatic N) is 2. The second-order valence-corrected chi connectivity index (χ2v) is 6.85. The van der Waals surface area contributed by atoms with Gasteiger partial charge in [0.2, 0.25) is 5.91 Å². The van der Waals surface area contributed by atoms with E-state index in [0.29, 0.717) is 11.4 Å². The zero-order valence-electron chi connectivity index (χ0n) is 14.6. The Balaban J connectivity index is 1.83. The van der Waals surface area contributed by atoms with Crippen molar-refractivity contribution < 1.29 is 14.3 Å². The van der Waals surface area contributed by atoms with Gasteiger partial charge in [0.1, 0.15) is 5.75 Å². The molecule has 1 saturated carbocycles. The number of thiocarbonyl (C=S) groups is 1. The summed E-state index contributed by atoms with van der Waals surface area (Å²) in [5.41, 5.74) is 6.63. The summed E-state index contributed by atoms with van der Waals surface area (Å²) in [6.07, 6.45) is 5.35. The molecule has 1 aromatic carbocycles. The SMILES string of the molecule is COc1cccc(N2C(=O)[C@@H](C=N[C@H]3CCCC[C@H]3N)C(=O)NC2=S)c1. The molecule has 3 atom stereocenters. The third kappa shape index (κ3) is 3.76. The Morgan fingerprint density at radius 1 is 1.35 bits per heavy atom. The van der Waals surface area contributed by atoms with Crippen LogP contribution in [-0.4, -0.2) is 42.3 Å². The van der Waals surface area contributed by atoms with Crippen molar-refractivity contribution in [3.63, 3.8) is 0 Å². The number of amides is 2. The van der Waals surface area contributed by atoms with Crippen molar-refractivity contribution in [2.24, 2.45) is 16.6 Å². The number of benzene rings is 1.